The molecule has 3 rings (SSSR count). The van der Waals surface area contributed by atoms with Gasteiger partial charge in [-0.1, -0.05) is 54.1 Å². The van der Waals surface area contributed by atoms with Gasteiger partial charge in [0.15, 0.2) is 0 Å². The SMILES string of the molecule is OCCNc1ccc(C(c2ccc(NCCO)cc2)c2ccccc2Cl)cc1. The van der Waals surface area contributed by atoms with Crippen LogP contribution in [-0.4, -0.2) is 36.5 Å². The lowest BCUT2D eigenvalue weighted by Gasteiger charge is -2.21. The molecule has 28 heavy (non-hydrogen) atoms. The number of rotatable bonds is 9. The lowest BCUT2D eigenvalue weighted by atomic mass is 9.85. The summed E-state index contributed by atoms with van der Waals surface area (Å²) in [6, 6.07) is 24.3. The van der Waals surface area contributed by atoms with E-state index in [0.29, 0.717) is 13.1 Å². The molecule has 5 heteroatoms. The number of hydrogen-bond donors (Lipinski definition) is 4. The highest BCUT2D eigenvalue weighted by molar-refractivity contribution is 6.31. The molecule has 0 spiro atoms. The van der Waals surface area contributed by atoms with E-state index in [-0.39, 0.29) is 19.1 Å². The van der Waals surface area contributed by atoms with Crippen molar-refractivity contribution in [1.29, 1.82) is 0 Å². The quantitative estimate of drug-likeness (QED) is 0.406. The molecule has 0 aliphatic carbocycles. The van der Waals surface area contributed by atoms with E-state index in [9.17, 15) is 0 Å². The molecule has 0 saturated heterocycles. The van der Waals surface area contributed by atoms with Gasteiger partial charge in [0.05, 0.1) is 13.2 Å². The van der Waals surface area contributed by atoms with Gasteiger partial charge in [0.25, 0.3) is 0 Å². The zero-order valence-corrected chi connectivity index (χ0v) is 16.4. The molecule has 0 unspecified atom stereocenters. The van der Waals surface area contributed by atoms with Crippen molar-refractivity contribution in [1.82, 2.24) is 0 Å². The van der Waals surface area contributed by atoms with Gasteiger partial charge < -0.3 is 20.8 Å². The van der Waals surface area contributed by atoms with E-state index in [4.69, 9.17) is 21.8 Å². The van der Waals surface area contributed by atoms with E-state index < -0.39 is 0 Å². The fourth-order valence-electron chi connectivity index (χ4n) is 3.25. The van der Waals surface area contributed by atoms with Crippen molar-refractivity contribution in [3.63, 3.8) is 0 Å². The molecule has 4 N–H and O–H groups in total. The summed E-state index contributed by atoms with van der Waals surface area (Å²) in [5.74, 6) is 0.00693. The van der Waals surface area contributed by atoms with Crippen LogP contribution in [0.2, 0.25) is 5.02 Å². The number of benzene rings is 3. The van der Waals surface area contributed by atoms with Crippen molar-refractivity contribution < 1.29 is 10.2 Å². The molecular weight excluding hydrogens is 372 g/mol. The maximum absolute atomic E-state index is 8.98. The van der Waals surface area contributed by atoms with Crippen LogP contribution in [0.25, 0.3) is 0 Å². The van der Waals surface area contributed by atoms with E-state index in [1.165, 1.54) is 0 Å². The van der Waals surface area contributed by atoms with Crippen molar-refractivity contribution in [3.8, 4) is 0 Å². The van der Waals surface area contributed by atoms with E-state index in [1.807, 2.05) is 42.5 Å². The van der Waals surface area contributed by atoms with Gasteiger partial charge in [0.1, 0.15) is 0 Å². The van der Waals surface area contributed by atoms with Crippen molar-refractivity contribution >= 4 is 23.0 Å². The maximum atomic E-state index is 8.98. The second-order valence-corrected chi connectivity index (χ2v) is 6.91. The number of aliphatic hydroxyl groups is 2. The highest BCUT2D eigenvalue weighted by Crippen LogP contribution is 2.36. The fourth-order valence-corrected chi connectivity index (χ4v) is 3.49. The third-order valence-electron chi connectivity index (χ3n) is 4.59. The van der Waals surface area contributed by atoms with Gasteiger partial charge in [-0.15, -0.1) is 0 Å². The summed E-state index contributed by atoms with van der Waals surface area (Å²) in [5.41, 5.74) is 5.27. The second-order valence-electron chi connectivity index (χ2n) is 6.50. The first-order chi connectivity index (χ1) is 13.7. The van der Waals surface area contributed by atoms with E-state index in [0.717, 1.165) is 33.1 Å². The first-order valence-corrected chi connectivity index (χ1v) is 9.74. The second kappa shape index (κ2) is 10.1. The molecule has 3 aromatic carbocycles. The molecule has 0 saturated carbocycles. The Morgan fingerprint density at radius 3 is 1.57 bits per heavy atom. The molecule has 0 radical (unpaired) electrons. The van der Waals surface area contributed by atoms with Crippen molar-refractivity contribution in [2.45, 2.75) is 5.92 Å². The summed E-state index contributed by atoms with van der Waals surface area (Å²) < 4.78 is 0. The number of aliphatic hydroxyl groups excluding tert-OH is 2. The summed E-state index contributed by atoms with van der Waals surface area (Å²) in [4.78, 5) is 0. The Hall–Kier alpha value is -2.53. The third-order valence-corrected chi connectivity index (χ3v) is 4.93. The van der Waals surface area contributed by atoms with Crippen molar-refractivity contribution in [2.75, 3.05) is 36.9 Å². The van der Waals surface area contributed by atoms with Crippen molar-refractivity contribution in [3.05, 3.63) is 94.5 Å². The fraction of sp³-hybridized carbons (Fsp3) is 0.217. The largest absolute Gasteiger partial charge is 0.395 e. The molecular formula is C23H25ClN2O2. The molecule has 0 fully saturated rings. The highest BCUT2D eigenvalue weighted by Gasteiger charge is 2.19. The van der Waals surface area contributed by atoms with Crippen LogP contribution in [0.4, 0.5) is 11.4 Å². The van der Waals surface area contributed by atoms with Crippen LogP contribution < -0.4 is 10.6 Å². The number of anilines is 2. The molecule has 0 heterocycles. The average molecular weight is 397 g/mol. The summed E-state index contributed by atoms with van der Waals surface area (Å²) in [5, 5.41) is 25.0. The molecule has 4 nitrogen and oxygen atoms in total. The Balaban J connectivity index is 1.95. The monoisotopic (exact) mass is 396 g/mol. The van der Waals surface area contributed by atoms with Gasteiger partial charge in [-0.25, -0.2) is 0 Å². The van der Waals surface area contributed by atoms with Gasteiger partial charge in [-0.05, 0) is 47.0 Å². The Labute approximate surface area is 170 Å². The first kappa shape index (κ1) is 20.2. The van der Waals surface area contributed by atoms with Crippen LogP contribution >= 0.6 is 11.6 Å². The van der Waals surface area contributed by atoms with Crippen LogP contribution in [0.1, 0.15) is 22.6 Å². The molecule has 0 bridgehead atoms. The topological polar surface area (TPSA) is 64.5 Å². The van der Waals surface area contributed by atoms with Crippen LogP contribution in [-0.2, 0) is 0 Å². The van der Waals surface area contributed by atoms with Gasteiger partial charge in [0.2, 0.25) is 0 Å². The minimum absolute atomic E-state index is 0.00693. The lowest BCUT2D eigenvalue weighted by molar-refractivity contribution is 0.311. The van der Waals surface area contributed by atoms with Gasteiger partial charge in [0, 0.05) is 35.4 Å². The Kier molecular flexibility index (Phi) is 7.31. The highest BCUT2D eigenvalue weighted by atomic mass is 35.5. The Bertz CT molecular complexity index is 815. The molecule has 3 aromatic rings. The standard InChI is InChI=1S/C23H25ClN2O2/c24-22-4-2-1-3-21(22)23(17-5-9-19(10-6-17)25-13-15-27)18-7-11-20(12-8-18)26-14-16-28/h1-12,23,25-28H,13-16H2. The summed E-state index contributed by atoms with van der Waals surface area (Å²) in [6.07, 6.45) is 0. The van der Waals surface area contributed by atoms with Crippen molar-refractivity contribution in [2.24, 2.45) is 0 Å². The predicted octanol–water partition coefficient (Wildman–Crippen LogP) is 4.33. The van der Waals surface area contributed by atoms with Gasteiger partial charge in [-0.3, -0.25) is 0 Å². The minimum Gasteiger partial charge on any atom is -0.395 e. The van der Waals surface area contributed by atoms with E-state index in [2.05, 4.69) is 41.0 Å². The van der Waals surface area contributed by atoms with Gasteiger partial charge in [-0.2, -0.15) is 0 Å². The summed E-state index contributed by atoms with van der Waals surface area (Å²) in [6.45, 7) is 1.24. The maximum Gasteiger partial charge on any atom is 0.0604 e. The molecule has 0 aliphatic rings. The molecule has 146 valence electrons. The zero-order valence-electron chi connectivity index (χ0n) is 15.6. The molecule has 0 amide bonds. The predicted molar refractivity (Wildman–Crippen MR) is 116 cm³/mol. The molecule has 0 atom stereocenters. The summed E-state index contributed by atoms with van der Waals surface area (Å²) >= 11 is 6.54. The number of halogens is 1. The first-order valence-electron chi connectivity index (χ1n) is 9.36. The van der Waals surface area contributed by atoms with Crippen LogP contribution in [0.3, 0.4) is 0 Å². The zero-order chi connectivity index (χ0) is 19.8. The molecule has 0 aromatic heterocycles. The normalized spacial score (nSPS) is 10.9. The summed E-state index contributed by atoms with van der Waals surface area (Å²) in [7, 11) is 0. The van der Waals surface area contributed by atoms with E-state index >= 15 is 0 Å². The molecule has 0 aliphatic heterocycles. The van der Waals surface area contributed by atoms with Gasteiger partial charge >= 0.3 is 0 Å². The van der Waals surface area contributed by atoms with Crippen LogP contribution in [0.15, 0.2) is 72.8 Å². The third kappa shape index (κ3) is 5.04. The minimum atomic E-state index is 0.00693. The average Bonchev–Trinajstić information content (AvgIpc) is 2.74. The Morgan fingerprint density at radius 2 is 1.14 bits per heavy atom. The Morgan fingerprint density at radius 1 is 0.679 bits per heavy atom. The smallest absolute Gasteiger partial charge is 0.0604 e. The number of hydrogen-bond acceptors (Lipinski definition) is 4. The lowest BCUT2D eigenvalue weighted by Crippen LogP contribution is -2.08. The number of nitrogens with one attached hydrogen (secondary N) is 2. The van der Waals surface area contributed by atoms with Crippen LogP contribution in [0.5, 0.6) is 0 Å². The van der Waals surface area contributed by atoms with E-state index in [1.54, 1.807) is 0 Å². The van der Waals surface area contributed by atoms with Crippen LogP contribution in [0, 0.1) is 0 Å².